The molecule has 0 aliphatic rings. The van der Waals surface area contributed by atoms with Gasteiger partial charge in [0.2, 0.25) is 0 Å². The Balaban J connectivity index is 2.14. The first-order valence-corrected chi connectivity index (χ1v) is 9.78. The first-order valence-electron chi connectivity index (χ1n) is 8.78. The first kappa shape index (κ1) is 19.4. The van der Waals surface area contributed by atoms with E-state index in [0.717, 1.165) is 0 Å². The summed E-state index contributed by atoms with van der Waals surface area (Å²) in [6, 6.07) is 17.6. The lowest BCUT2D eigenvalue weighted by atomic mass is 9.87. The van der Waals surface area contributed by atoms with Gasteiger partial charge in [-0.1, -0.05) is 103 Å². The fourth-order valence-electron chi connectivity index (χ4n) is 2.58. The van der Waals surface area contributed by atoms with E-state index in [4.69, 9.17) is 0 Å². The number of hydrogen-bond acceptors (Lipinski definition) is 0. The molecule has 2 aromatic carbocycles. The fraction of sp³-hybridized carbons (Fsp3) is 0.250. The molecule has 0 bridgehead atoms. The van der Waals surface area contributed by atoms with Crippen molar-refractivity contribution in [1.82, 2.24) is 0 Å². The average molecular weight is 348 g/mol. The summed E-state index contributed by atoms with van der Waals surface area (Å²) in [5.41, 5.74) is 5.32. The van der Waals surface area contributed by atoms with Crippen LogP contribution in [0.2, 0.25) is 0 Å². The van der Waals surface area contributed by atoms with E-state index < -0.39 is 0 Å². The second-order valence-electron chi connectivity index (χ2n) is 7.39. The summed E-state index contributed by atoms with van der Waals surface area (Å²) in [4.78, 5) is 0. The van der Waals surface area contributed by atoms with E-state index in [-0.39, 0.29) is 5.41 Å². The fourth-order valence-corrected chi connectivity index (χ4v) is 3.65. The SMILES string of the molecule is C=C(Pc1cccc(C(C)(C)C)c1)c1ccc(/C(C)=C/C=C\C)cc1. The van der Waals surface area contributed by atoms with Crippen LogP contribution in [0, 0.1) is 0 Å². The maximum absolute atomic E-state index is 4.32. The summed E-state index contributed by atoms with van der Waals surface area (Å²) in [7, 11) is 0.602. The largest absolute Gasteiger partial charge is 0.0906 e. The van der Waals surface area contributed by atoms with Gasteiger partial charge in [0, 0.05) is 0 Å². The molecule has 0 fully saturated rings. The minimum Gasteiger partial charge on any atom is -0.0906 e. The lowest BCUT2D eigenvalue weighted by Crippen LogP contribution is -2.13. The Morgan fingerprint density at radius 1 is 1.00 bits per heavy atom. The molecule has 0 saturated carbocycles. The first-order chi connectivity index (χ1) is 11.8. The Bertz CT molecular complexity index is 784. The van der Waals surface area contributed by atoms with Crippen LogP contribution in [0.15, 0.2) is 73.3 Å². The Labute approximate surface area is 155 Å². The predicted molar refractivity (Wildman–Crippen MR) is 117 cm³/mol. The van der Waals surface area contributed by atoms with E-state index >= 15 is 0 Å². The Hall–Kier alpha value is -1.91. The van der Waals surface area contributed by atoms with Gasteiger partial charge in [-0.15, -0.1) is 0 Å². The summed E-state index contributed by atoms with van der Waals surface area (Å²) in [5, 5.41) is 2.54. The van der Waals surface area contributed by atoms with E-state index in [1.807, 2.05) is 13.0 Å². The van der Waals surface area contributed by atoms with Gasteiger partial charge in [0.15, 0.2) is 0 Å². The number of hydrogen-bond donors (Lipinski definition) is 0. The zero-order valence-corrected chi connectivity index (χ0v) is 17.1. The predicted octanol–water partition coefficient (Wildman–Crippen LogP) is 6.94. The molecule has 1 heteroatoms. The molecule has 0 amide bonds. The molecule has 2 aromatic rings. The lowest BCUT2D eigenvalue weighted by molar-refractivity contribution is 0.591. The van der Waals surface area contributed by atoms with Crippen molar-refractivity contribution in [3.05, 3.63) is 90.0 Å². The highest BCUT2D eigenvalue weighted by atomic mass is 31.1. The second kappa shape index (κ2) is 8.45. The molecule has 0 spiro atoms. The van der Waals surface area contributed by atoms with Crippen molar-refractivity contribution in [2.45, 2.75) is 40.0 Å². The molecular weight excluding hydrogens is 319 g/mol. The third-order valence-electron chi connectivity index (χ3n) is 4.25. The summed E-state index contributed by atoms with van der Waals surface area (Å²) in [5.74, 6) is 0. The highest BCUT2D eigenvalue weighted by Gasteiger charge is 2.13. The quantitative estimate of drug-likeness (QED) is 0.405. The molecule has 0 aliphatic carbocycles. The van der Waals surface area contributed by atoms with Crippen LogP contribution in [0.3, 0.4) is 0 Å². The molecule has 1 unspecified atom stereocenters. The van der Waals surface area contributed by atoms with E-state index in [2.05, 4.69) is 95.0 Å². The van der Waals surface area contributed by atoms with Gasteiger partial charge >= 0.3 is 0 Å². The highest BCUT2D eigenvalue weighted by molar-refractivity contribution is 7.58. The van der Waals surface area contributed by atoms with E-state index in [0.29, 0.717) is 8.58 Å². The van der Waals surface area contributed by atoms with E-state index in [1.54, 1.807) is 0 Å². The average Bonchev–Trinajstić information content (AvgIpc) is 2.59. The molecule has 0 N–H and O–H groups in total. The van der Waals surface area contributed by atoms with Crippen molar-refractivity contribution in [1.29, 1.82) is 0 Å². The lowest BCUT2D eigenvalue weighted by Gasteiger charge is -2.20. The van der Waals surface area contributed by atoms with Gasteiger partial charge in [-0.3, -0.25) is 0 Å². The van der Waals surface area contributed by atoms with Crippen LogP contribution in [0.1, 0.15) is 51.3 Å². The van der Waals surface area contributed by atoms with Gasteiger partial charge in [0.25, 0.3) is 0 Å². The van der Waals surface area contributed by atoms with Gasteiger partial charge in [-0.2, -0.15) is 0 Å². The molecule has 1 atom stereocenters. The maximum Gasteiger partial charge on any atom is -0.0132 e. The van der Waals surface area contributed by atoms with Gasteiger partial charge in [0.05, 0.1) is 0 Å². The minimum absolute atomic E-state index is 0.181. The summed E-state index contributed by atoms with van der Waals surface area (Å²) >= 11 is 0. The van der Waals surface area contributed by atoms with Crippen molar-refractivity contribution in [2.75, 3.05) is 0 Å². The smallest absolute Gasteiger partial charge is 0.0132 e. The standard InChI is InChI=1S/C24H29P/c1-7-8-10-18(2)20-13-15-21(16-14-20)19(3)25-23-12-9-11-22(17-23)24(4,5)6/h7-17,25H,3H2,1-2,4-6H3/b8-7-,18-10+. The summed E-state index contributed by atoms with van der Waals surface area (Å²) in [6.45, 7) is 15.3. The molecule has 2 rings (SSSR count). The van der Waals surface area contributed by atoms with Gasteiger partial charge in [-0.05, 0) is 52.1 Å². The normalized spacial score (nSPS) is 13.1. The Morgan fingerprint density at radius 3 is 2.24 bits per heavy atom. The summed E-state index contributed by atoms with van der Waals surface area (Å²) in [6.07, 6.45) is 6.27. The number of rotatable bonds is 5. The highest BCUT2D eigenvalue weighted by Crippen LogP contribution is 2.33. The van der Waals surface area contributed by atoms with Crippen LogP contribution in [0.4, 0.5) is 0 Å². The van der Waals surface area contributed by atoms with E-state index in [9.17, 15) is 0 Å². The number of allylic oxidation sites excluding steroid dienone is 4. The van der Waals surface area contributed by atoms with Crippen LogP contribution >= 0.6 is 8.58 Å². The molecule has 0 heterocycles. The van der Waals surface area contributed by atoms with Crippen LogP contribution in [0.25, 0.3) is 10.9 Å². The van der Waals surface area contributed by atoms with Crippen molar-refractivity contribution < 1.29 is 0 Å². The zero-order valence-electron chi connectivity index (χ0n) is 16.1. The Kier molecular flexibility index (Phi) is 6.57. The van der Waals surface area contributed by atoms with Crippen molar-refractivity contribution in [2.24, 2.45) is 0 Å². The molecule has 25 heavy (non-hydrogen) atoms. The van der Waals surface area contributed by atoms with Crippen molar-refractivity contribution in [3.63, 3.8) is 0 Å². The van der Waals surface area contributed by atoms with Crippen molar-refractivity contribution in [3.8, 4) is 0 Å². The maximum atomic E-state index is 4.32. The monoisotopic (exact) mass is 348 g/mol. The van der Waals surface area contributed by atoms with Crippen LogP contribution in [0.5, 0.6) is 0 Å². The van der Waals surface area contributed by atoms with Crippen LogP contribution < -0.4 is 5.30 Å². The van der Waals surface area contributed by atoms with Gasteiger partial charge in [-0.25, -0.2) is 0 Å². The third-order valence-corrected chi connectivity index (χ3v) is 5.44. The topological polar surface area (TPSA) is 0 Å². The van der Waals surface area contributed by atoms with E-state index in [1.165, 1.54) is 32.9 Å². The van der Waals surface area contributed by atoms with Crippen LogP contribution in [-0.4, -0.2) is 0 Å². The van der Waals surface area contributed by atoms with Crippen LogP contribution in [-0.2, 0) is 5.41 Å². The molecule has 0 nitrogen and oxygen atoms in total. The molecule has 0 aliphatic heterocycles. The molecular formula is C24H29P. The molecule has 130 valence electrons. The molecule has 0 saturated heterocycles. The summed E-state index contributed by atoms with van der Waals surface area (Å²) < 4.78 is 0. The second-order valence-corrected chi connectivity index (χ2v) is 8.82. The van der Waals surface area contributed by atoms with Gasteiger partial charge < -0.3 is 0 Å². The minimum atomic E-state index is 0.181. The number of benzene rings is 2. The zero-order chi connectivity index (χ0) is 18.4. The third kappa shape index (κ3) is 5.55. The Morgan fingerprint density at radius 2 is 1.64 bits per heavy atom. The van der Waals surface area contributed by atoms with Gasteiger partial charge in [0.1, 0.15) is 0 Å². The molecule has 0 aromatic heterocycles. The molecule has 0 radical (unpaired) electrons. The van der Waals surface area contributed by atoms with Crippen molar-refractivity contribution >= 4 is 24.8 Å².